The van der Waals surface area contributed by atoms with Crippen LogP contribution in [-0.2, 0) is 9.53 Å². The largest absolute Gasteiger partial charge is 0.465 e. The molecular formula is C21H30N4O2. The molecule has 3 rings (SSSR count). The Labute approximate surface area is 162 Å². The second kappa shape index (κ2) is 9.20. The number of nitrogens with zero attached hydrogens (tertiary/aromatic N) is 4. The number of anilines is 1. The van der Waals surface area contributed by atoms with Crippen LogP contribution in [0.25, 0.3) is 0 Å². The number of piperidine rings is 1. The average molecular weight is 370 g/mol. The Morgan fingerprint density at radius 2 is 1.78 bits per heavy atom. The van der Waals surface area contributed by atoms with Crippen molar-refractivity contribution in [2.45, 2.75) is 38.8 Å². The Bertz CT molecular complexity index is 654. The van der Waals surface area contributed by atoms with E-state index in [1.54, 1.807) is 0 Å². The summed E-state index contributed by atoms with van der Waals surface area (Å²) >= 11 is 0. The first kappa shape index (κ1) is 19.7. The standard InChI is InChI=1S/C21H30N4O2/c1-3-27-21(26)17(2)23-10-8-20(9-11-23)25-14-12-24(13-15-25)19-6-4-18(16-22)5-7-19/h4-7,17,20H,3,8-15H2,1-2H3. The molecule has 27 heavy (non-hydrogen) atoms. The van der Waals surface area contributed by atoms with Gasteiger partial charge >= 0.3 is 5.97 Å². The van der Waals surface area contributed by atoms with E-state index in [9.17, 15) is 4.79 Å². The van der Waals surface area contributed by atoms with Crippen molar-refractivity contribution in [3.8, 4) is 6.07 Å². The summed E-state index contributed by atoms with van der Waals surface area (Å²) in [4.78, 5) is 19.2. The highest BCUT2D eigenvalue weighted by molar-refractivity contribution is 5.75. The molecule has 146 valence electrons. The molecule has 2 aliphatic heterocycles. The van der Waals surface area contributed by atoms with Gasteiger partial charge < -0.3 is 9.64 Å². The molecule has 0 aromatic heterocycles. The summed E-state index contributed by atoms with van der Waals surface area (Å²) < 4.78 is 5.15. The van der Waals surface area contributed by atoms with Crippen molar-refractivity contribution in [2.75, 3.05) is 50.8 Å². The second-order valence-electron chi connectivity index (χ2n) is 7.38. The Balaban J connectivity index is 1.45. The minimum atomic E-state index is -0.140. The summed E-state index contributed by atoms with van der Waals surface area (Å²) in [6, 6.07) is 10.5. The number of hydrogen-bond acceptors (Lipinski definition) is 6. The molecule has 6 heteroatoms. The molecule has 0 amide bonds. The fraction of sp³-hybridized carbons (Fsp3) is 0.619. The first-order chi connectivity index (χ1) is 13.1. The van der Waals surface area contributed by atoms with Crippen LogP contribution in [0.15, 0.2) is 24.3 Å². The molecule has 1 aromatic rings. The van der Waals surface area contributed by atoms with Crippen molar-refractivity contribution in [1.82, 2.24) is 9.80 Å². The minimum Gasteiger partial charge on any atom is -0.465 e. The lowest BCUT2D eigenvalue weighted by Gasteiger charge is -2.44. The van der Waals surface area contributed by atoms with Gasteiger partial charge in [-0.15, -0.1) is 0 Å². The number of hydrogen-bond donors (Lipinski definition) is 0. The fourth-order valence-electron chi connectivity index (χ4n) is 4.14. The normalized spacial score (nSPS) is 20.9. The van der Waals surface area contributed by atoms with Crippen molar-refractivity contribution in [3.63, 3.8) is 0 Å². The van der Waals surface area contributed by atoms with Gasteiger partial charge in [-0.2, -0.15) is 5.26 Å². The highest BCUT2D eigenvalue weighted by atomic mass is 16.5. The molecule has 2 fully saturated rings. The van der Waals surface area contributed by atoms with Crippen molar-refractivity contribution in [1.29, 1.82) is 5.26 Å². The number of carbonyl (C=O) groups is 1. The lowest BCUT2D eigenvalue weighted by atomic mass is 10.0. The number of carbonyl (C=O) groups excluding carboxylic acids is 1. The lowest BCUT2D eigenvalue weighted by molar-refractivity contribution is -0.149. The first-order valence-electron chi connectivity index (χ1n) is 10.0. The minimum absolute atomic E-state index is 0.105. The van der Waals surface area contributed by atoms with E-state index in [0.717, 1.165) is 52.1 Å². The van der Waals surface area contributed by atoms with E-state index in [4.69, 9.17) is 10.00 Å². The summed E-state index contributed by atoms with van der Waals surface area (Å²) in [5.74, 6) is -0.105. The Hall–Kier alpha value is -2.10. The molecule has 1 unspecified atom stereocenters. The molecule has 2 heterocycles. The van der Waals surface area contributed by atoms with Gasteiger partial charge in [-0.3, -0.25) is 14.6 Å². The van der Waals surface area contributed by atoms with Gasteiger partial charge in [0.25, 0.3) is 0 Å². The Morgan fingerprint density at radius 1 is 1.15 bits per heavy atom. The molecule has 0 N–H and O–H groups in total. The van der Waals surface area contributed by atoms with Crippen molar-refractivity contribution in [3.05, 3.63) is 29.8 Å². The highest BCUT2D eigenvalue weighted by Gasteiger charge is 2.31. The van der Waals surface area contributed by atoms with E-state index < -0.39 is 0 Å². The van der Waals surface area contributed by atoms with E-state index in [2.05, 4.69) is 20.8 Å². The highest BCUT2D eigenvalue weighted by Crippen LogP contribution is 2.22. The average Bonchev–Trinajstić information content (AvgIpc) is 2.74. The maximum absolute atomic E-state index is 11.9. The number of nitriles is 1. The first-order valence-corrected chi connectivity index (χ1v) is 10.0. The summed E-state index contributed by atoms with van der Waals surface area (Å²) in [5, 5.41) is 8.93. The van der Waals surface area contributed by atoms with Gasteiger partial charge in [-0.25, -0.2) is 0 Å². The maximum Gasteiger partial charge on any atom is 0.323 e. The van der Waals surface area contributed by atoms with E-state index in [0.29, 0.717) is 18.2 Å². The number of esters is 1. The van der Waals surface area contributed by atoms with Crippen LogP contribution in [0.4, 0.5) is 5.69 Å². The number of rotatable bonds is 5. The fourth-order valence-corrected chi connectivity index (χ4v) is 4.14. The van der Waals surface area contributed by atoms with E-state index >= 15 is 0 Å². The van der Waals surface area contributed by atoms with Crippen LogP contribution in [0.3, 0.4) is 0 Å². The Morgan fingerprint density at radius 3 is 2.33 bits per heavy atom. The van der Waals surface area contributed by atoms with E-state index in [1.165, 1.54) is 5.69 Å². The SMILES string of the molecule is CCOC(=O)C(C)N1CCC(N2CCN(c3ccc(C#N)cc3)CC2)CC1. The number of piperazine rings is 1. The zero-order valence-corrected chi connectivity index (χ0v) is 16.4. The molecule has 0 spiro atoms. The van der Waals surface area contributed by atoms with Crippen LogP contribution < -0.4 is 4.90 Å². The van der Waals surface area contributed by atoms with E-state index in [1.807, 2.05) is 38.1 Å². The topological polar surface area (TPSA) is 59.8 Å². The summed E-state index contributed by atoms with van der Waals surface area (Å²) in [7, 11) is 0. The van der Waals surface area contributed by atoms with Gasteiger partial charge in [-0.1, -0.05) is 0 Å². The molecule has 1 aromatic carbocycles. The summed E-state index contributed by atoms with van der Waals surface area (Å²) in [6.45, 7) is 10.3. The third-order valence-corrected chi connectivity index (χ3v) is 5.87. The molecule has 0 saturated carbocycles. The quantitative estimate of drug-likeness (QED) is 0.740. The predicted molar refractivity (Wildman–Crippen MR) is 106 cm³/mol. The molecule has 2 saturated heterocycles. The summed E-state index contributed by atoms with van der Waals surface area (Å²) in [5.41, 5.74) is 1.91. The molecule has 1 atom stereocenters. The molecule has 2 aliphatic rings. The lowest BCUT2D eigenvalue weighted by Crippen LogP contribution is -2.54. The predicted octanol–water partition coefficient (Wildman–Crippen LogP) is 2.10. The van der Waals surface area contributed by atoms with Gasteiger partial charge in [0.05, 0.1) is 18.2 Å². The molecular weight excluding hydrogens is 340 g/mol. The maximum atomic E-state index is 11.9. The molecule has 0 radical (unpaired) electrons. The van der Waals surface area contributed by atoms with Gasteiger partial charge in [0.1, 0.15) is 6.04 Å². The number of likely N-dealkylation sites (tertiary alicyclic amines) is 1. The van der Waals surface area contributed by atoms with Gasteiger partial charge in [0.2, 0.25) is 0 Å². The van der Waals surface area contributed by atoms with Crippen molar-refractivity contribution >= 4 is 11.7 Å². The molecule has 0 aliphatic carbocycles. The zero-order valence-electron chi connectivity index (χ0n) is 16.4. The van der Waals surface area contributed by atoms with Crippen LogP contribution in [0, 0.1) is 11.3 Å². The van der Waals surface area contributed by atoms with Crippen molar-refractivity contribution < 1.29 is 9.53 Å². The van der Waals surface area contributed by atoms with Gasteiger partial charge in [0, 0.05) is 51.0 Å². The third kappa shape index (κ3) is 4.79. The summed E-state index contributed by atoms with van der Waals surface area (Å²) in [6.07, 6.45) is 2.22. The zero-order chi connectivity index (χ0) is 19.2. The monoisotopic (exact) mass is 370 g/mol. The molecule has 6 nitrogen and oxygen atoms in total. The molecule has 0 bridgehead atoms. The van der Waals surface area contributed by atoms with Crippen LogP contribution >= 0.6 is 0 Å². The van der Waals surface area contributed by atoms with Crippen molar-refractivity contribution in [2.24, 2.45) is 0 Å². The number of benzene rings is 1. The van der Waals surface area contributed by atoms with Crippen LogP contribution in [0.2, 0.25) is 0 Å². The van der Waals surface area contributed by atoms with Gasteiger partial charge in [0.15, 0.2) is 0 Å². The third-order valence-electron chi connectivity index (χ3n) is 5.87. The van der Waals surface area contributed by atoms with Gasteiger partial charge in [-0.05, 0) is 51.0 Å². The second-order valence-corrected chi connectivity index (χ2v) is 7.38. The van der Waals surface area contributed by atoms with E-state index in [-0.39, 0.29) is 12.0 Å². The van der Waals surface area contributed by atoms with Crippen LogP contribution in [0.1, 0.15) is 32.3 Å². The Kier molecular flexibility index (Phi) is 6.70. The smallest absolute Gasteiger partial charge is 0.323 e. The number of ether oxygens (including phenoxy) is 1. The van der Waals surface area contributed by atoms with Crippen LogP contribution in [-0.4, -0.2) is 73.7 Å². The van der Waals surface area contributed by atoms with Crippen LogP contribution in [0.5, 0.6) is 0 Å².